The van der Waals surface area contributed by atoms with Gasteiger partial charge in [0.2, 0.25) is 0 Å². The third-order valence-electron chi connectivity index (χ3n) is 3.61. The van der Waals surface area contributed by atoms with Crippen molar-refractivity contribution < 1.29 is 0 Å². The molecule has 2 rings (SSSR count). The van der Waals surface area contributed by atoms with Gasteiger partial charge in [0.05, 0.1) is 6.54 Å². The van der Waals surface area contributed by atoms with Crippen molar-refractivity contribution in [2.24, 2.45) is 10.7 Å². The predicted octanol–water partition coefficient (Wildman–Crippen LogP) is 2.88. The Morgan fingerprint density at radius 2 is 1.86 bits per heavy atom. The summed E-state index contributed by atoms with van der Waals surface area (Å²) in [7, 11) is 0. The van der Waals surface area contributed by atoms with E-state index in [1.807, 2.05) is 0 Å². The Hall–Kier alpha value is -1.71. The minimum absolute atomic E-state index is 0.0556. The smallest absolute Gasteiger partial charge is 0.189 e. The lowest BCUT2D eigenvalue weighted by molar-refractivity contribution is 0.508. The number of nitrogens with one attached hydrogen (secondary N) is 1. The van der Waals surface area contributed by atoms with E-state index in [1.54, 1.807) is 0 Å². The van der Waals surface area contributed by atoms with Gasteiger partial charge in [-0.2, -0.15) is 0 Å². The summed E-state index contributed by atoms with van der Waals surface area (Å²) in [5.74, 6) is 0.510. The lowest BCUT2D eigenvalue weighted by atomic mass is 10.1. The van der Waals surface area contributed by atoms with Crippen molar-refractivity contribution in [1.82, 2.24) is 5.32 Å². The standard InChI is InChI=1S/C17H28N4/c1-17(2,3)20-16(18)19-13-14-9-5-6-10-15(14)21-11-7-4-8-12-21/h5-6,9-10H,4,7-8,11-13H2,1-3H3,(H3,18,19,20). The van der Waals surface area contributed by atoms with Gasteiger partial charge in [0.25, 0.3) is 0 Å². The Morgan fingerprint density at radius 3 is 2.52 bits per heavy atom. The van der Waals surface area contributed by atoms with Gasteiger partial charge >= 0.3 is 0 Å². The molecule has 1 heterocycles. The second-order valence-electron chi connectivity index (χ2n) is 6.75. The molecule has 1 aromatic carbocycles. The van der Waals surface area contributed by atoms with Crippen molar-refractivity contribution >= 4 is 11.6 Å². The molecule has 1 fully saturated rings. The minimum Gasteiger partial charge on any atom is -0.371 e. The molecular formula is C17H28N4. The zero-order chi connectivity index (χ0) is 15.3. The molecular weight excluding hydrogens is 260 g/mol. The molecule has 0 aliphatic carbocycles. The maximum absolute atomic E-state index is 5.96. The summed E-state index contributed by atoms with van der Waals surface area (Å²) >= 11 is 0. The fourth-order valence-corrected chi connectivity index (χ4v) is 2.68. The van der Waals surface area contributed by atoms with Gasteiger partial charge in [-0.05, 0) is 51.7 Å². The lowest BCUT2D eigenvalue weighted by Crippen LogP contribution is -2.45. The molecule has 1 aliphatic rings. The van der Waals surface area contributed by atoms with Crippen LogP contribution >= 0.6 is 0 Å². The topological polar surface area (TPSA) is 53.6 Å². The van der Waals surface area contributed by atoms with Crippen molar-refractivity contribution in [3.8, 4) is 0 Å². The largest absolute Gasteiger partial charge is 0.371 e. The first-order chi connectivity index (χ1) is 9.96. The lowest BCUT2D eigenvalue weighted by Gasteiger charge is -2.30. The summed E-state index contributed by atoms with van der Waals surface area (Å²) in [6, 6.07) is 8.53. The Bertz CT molecular complexity index is 482. The fourth-order valence-electron chi connectivity index (χ4n) is 2.68. The Balaban J connectivity index is 2.08. The number of piperidine rings is 1. The van der Waals surface area contributed by atoms with Crippen LogP contribution in [0.4, 0.5) is 5.69 Å². The molecule has 4 nitrogen and oxygen atoms in total. The average Bonchev–Trinajstić information content (AvgIpc) is 2.45. The summed E-state index contributed by atoms with van der Waals surface area (Å²) < 4.78 is 0. The van der Waals surface area contributed by atoms with E-state index in [0.717, 1.165) is 13.1 Å². The normalized spacial score (nSPS) is 16.9. The van der Waals surface area contributed by atoms with Crippen LogP contribution in [0.5, 0.6) is 0 Å². The molecule has 1 aromatic rings. The van der Waals surface area contributed by atoms with E-state index in [9.17, 15) is 0 Å². The van der Waals surface area contributed by atoms with Crippen LogP contribution in [-0.4, -0.2) is 24.6 Å². The zero-order valence-electron chi connectivity index (χ0n) is 13.5. The van der Waals surface area contributed by atoms with Gasteiger partial charge in [-0.15, -0.1) is 0 Å². The quantitative estimate of drug-likeness (QED) is 0.664. The molecule has 0 aromatic heterocycles. The third-order valence-corrected chi connectivity index (χ3v) is 3.61. The zero-order valence-corrected chi connectivity index (χ0v) is 13.5. The van der Waals surface area contributed by atoms with Crippen LogP contribution in [0.3, 0.4) is 0 Å². The molecule has 0 saturated carbocycles. The van der Waals surface area contributed by atoms with Crippen molar-refractivity contribution in [2.45, 2.75) is 52.1 Å². The van der Waals surface area contributed by atoms with Gasteiger partial charge in [-0.25, -0.2) is 4.99 Å². The first-order valence-electron chi connectivity index (χ1n) is 7.87. The molecule has 0 spiro atoms. The summed E-state index contributed by atoms with van der Waals surface area (Å²) in [5, 5.41) is 3.20. The first kappa shape index (κ1) is 15.7. The molecule has 0 radical (unpaired) electrons. The summed E-state index contributed by atoms with van der Waals surface area (Å²) in [6.45, 7) is 9.17. The van der Waals surface area contributed by atoms with Crippen LogP contribution in [0.1, 0.15) is 45.6 Å². The number of hydrogen-bond donors (Lipinski definition) is 2. The maximum atomic E-state index is 5.96. The Morgan fingerprint density at radius 1 is 1.19 bits per heavy atom. The molecule has 0 unspecified atom stereocenters. The molecule has 3 N–H and O–H groups in total. The van der Waals surface area contributed by atoms with Crippen LogP contribution in [0.25, 0.3) is 0 Å². The molecule has 1 saturated heterocycles. The van der Waals surface area contributed by atoms with E-state index < -0.39 is 0 Å². The third kappa shape index (κ3) is 4.96. The van der Waals surface area contributed by atoms with Gasteiger partial charge in [0.1, 0.15) is 0 Å². The minimum atomic E-state index is -0.0556. The van der Waals surface area contributed by atoms with E-state index in [0.29, 0.717) is 12.5 Å². The van der Waals surface area contributed by atoms with Crippen molar-refractivity contribution in [3.63, 3.8) is 0 Å². The highest BCUT2D eigenvalue weighted by atomic mass is 15.1. The molecule has 21 heavy (non-hydrogen) atoms. The summed E-state index contributed by atoms with van der Waals surface area (Å²) in [5.41, 5.74) is 8.46. The Kier molecular flexibility index (Phi) is 5.10. The summed E-state index contributed by atoms with van der Waals surface area (Å²) in [4.78, 5) is 6.97. The summed E-state index contributed by atoms with van der Waals surface area (Å²) in [6.07, 6.45) is 3.91. The van der Waals surface area contributed by atoms with Crippen LogP contribution in [0.2, 0.25) is 0 Å². The monoisotopic (exact) mass is 288 g/mol. The van der Waals surface area contributed by atoms with Crippen molar-refractivity contribution in [3.05, 3.63) is 29.8 Å². The van der Waals surface area contributed by atoms with Gasteiger partial charge in [-0.3, -0.25) is 0 Å². The number of para-hydroxylation sites is 1. The molecule has 0 atom stereocenters. The maximum Gasteiger partial charge on any atom is 0.189 e. The number of guanidine groups is 1. The molecule has 116 valence electrons. The second kappa shape index (κ2) is 6.83. The molecule has 0 amide bonds. The number of nitrogens with zero attached hydrogens (tertiary/aromatic N) is 2. The van der Waals surface area contributed by atoms with Crippen LogP contribution < -0.4 is 16.0 Å². The van der Waals surface area contributed by atoms with Crippen LogP contribution in [-0.2, 0) is 6.54 Å². The Labute approximate surface area is 128 Å². The van der Waals surface area contributed by atoms with Crippen molar-refractivity contribution in [2.75, 3.05) is 18.0 Å². The average molecular weight is 288 g/mol. The predicted molar refractivity (Wildman–Crippen MR) is 90.7 cm³/mol. The van der Waals surface area contributed by atoms with Crippen molar-refractivity contribution in [1.29, 1.82) is 0 Å². The highest BCUT2D eigenvalue weighted by Crippen LogP contribution is 2.24. The first-order valence-corrected chi connectivity index (χ1v) is 7.87. The fraction of sp³-hybridized carbons (Fsp3) is 0.588. The van der Waals surface area contributed by atoms with Gasteiger partial charge in [-0.1, -0.05) is 18.2 Å². The van der Waals surface area contributed by atoms with Gasteiger partial charge < -0.3 is 16.0 Å². The van der Waals surface area contributed by atoms with E-state index in [-0.39, 0.29) is 5.54 Å². The number of rotatable bonds is 3. The van der Waals surface area contributed by atoms with E-state index in [4.69, 9.17) is 5.73 Å². The van der Waals surface area contributed by atoms with Crippen LogP contribution in [0.15, 0.2) is 29.3 Å². The number of aliphatic imine (C=N–C) groups is 1. The molecule has 0 bridgehead atoms. The number of anilines is 1. The van der Waals surface area contributed by atoms with Gasteiger partial charge in [0, 0.05) is 24.3 Å². The molecule has 4 heteroatoms. The number of hydrogen-bond acceptors (Lipinski definition) is 2. The van der Waals surface area contributed by atoms with E-state index in [1.165, 1.54) is 30.5 Å². The highest BCUT2D eigenvalue weighted by molar-refractivity contribution is 5.78. The van der Waals surface area contributed by atoms with Crippen LogP contribution in [0, 0.1) is 0 Å². The SMILES string of the molecule is CC(C)(C)NC(N)=NCc1ccccc1N1CCCCC1. The number of nitrogens with two attached hydrogens (primary N) is 1. The van der Waals surface area contributed by atoms with E-state index in [2.05, 4.69) is 60.2 Å². The molecule has 1 aliphatic heterocycles. The highest BCUT2D eigenvalue weighted by Gasteiger charge is 2.14. The second-order valence-corrected chi connectivity index (χ2v) is 6.75. The number of benzene rings is 1. The van der Waals surface area contributed by atoms with Gasteiger partial charge in [0.15, 0.2) is 5.96 Å². The van der Waals surface area contributed by atoms with E-state index >= 15 is 0 Å².